The van der Waals surface area contributed by atoms with E-state index in [1.807, 2.05) is 0 Å². The van der Waals surface area contributed by atoms with Gasteiger partial charge in [0, 0.05) is 24.5 Å². The summed E-state index contributed by atoms with van der Waals surface area (Å²) in [5.41, 5.74) is 0. The van der Waals surface area contributed by atoms with E-state index in [-0.39, 0.29) is 18.1 Å². The average Bonchev–Trinajstić information content (AvgIpc) is 3.00. The lowest BCUT2D eigenvalue weighted by atomic mass is 10.1. The van der Waals surface area contributed by atoms with Crippen molar-refractivity contribution in [3.05, 3.63) is 11.7 Å². The van der Waals surface area contributed by atoms with E-state index in [1.54, 1.807) is 11.8 Å². The van der Waals surface area contributed by atoms with Gasteiger partial charge in [-0.15, -0.1) is 0 Å². The van der Waals surface area contributed by atoms with Crippen LogP contribution in [-0.4, -0.2) is 45.6 Å². The molecule has 94 valence electrons. The van der Waals surface area contributed by atoms with E-state index < -0.39 is 0 Å². The van der Waals surface area contributed by atoms with Gasteiger partial charge >= 0.3 is 0 Å². The molecule has 1 aromatic rings. The zero-order chi connectivity index (χ0) is 11.7. The van der Waals surface area contributed by atoms with E-state index >= 15 is 0 Å². The normalized spacial score (nSPS) is 33.4. The lowest BCUT2D eigenvalue weighted by Gasteiger charge is -2.07. The fourth-order valence-corrected chi connectivity index (χ4v) is 3.52. The number of aliphatic hydroxyl groups excluding tert-OH is 1. The van der Waals surface area contributed by atoms with Gasteiger partial charge in [-0.25, -0.2) is 0 Å². The molecule has 1 aromatic heterocycles. The zero-order valence-electron chi connectivity index (χ0n) is 9.54. The van der Waals surface area contributed by atoms with E-state index in [2.05, 4.69) is 10.1 Å². The summed E-state index contributed by atoms with van der Waals surface area (Å²) in [4.78, 5) is 4.38. The van der Waals surface area contributed by atoms with E-state index in [9.17, 15) is 5.11 Å². The Morgan fingerprint density at radius 1 is 1.41 bits per heavy atom. The third kappa shape index (κ3) is 2.48. The van der Waals surface area contributed by atoms with Crippen molar-refractivity contribution in [3.8, 4) is 0 Å². The standard InChI is InChI=1S/C11H16N2O3S/c14-9-6-17-5-8(9)11-12-10(13-16-11)4-7-2-1-3-15-7/h7-9,14H,1-6H2. The summed E-state index contributed by atoms with van der Waals surface area (Å²) in [7, 11) is 0. The molecule has 0 radical (unpaired) electrons. The fraction of sp³-hybridized carbons (Fsp3) is 0.818. The van der Waals surface area contributed by atoms with Crippen LogP contribution in [0.2, 0.25) is 0 Å². The minimum absolute atomic E-state index is 0.00532. The summed E-state index contributed by atoms with van der Waals surface area (Å²) >= 11 is 1.72. The second kappa shape index (κ2) is 4.96. The molecule has 2 aliphatic heterocycles. The molecule has 2 aliphatic rings. The Labute approximate surface area is 104 Å². The van der Waals surface area contributed by atoms with E-state index in [0.29, 0.717) is 11.7 Å². The van der Waals surface area contributed by atoms with Crippen LogP contribution < -0.4 is 0 Å². The maximum atomic E-state index is 9.76. The summed E-state index contributed by atoms with van der Waals surface area (Å²) in [5, 5.41) is 13.7. The highest BCUT2D eigenvalue weighted by molar-refractivity contribution is 7.99. The Hall–Kier alpha value is -0.590. The van der Waals surface area contributed by atoms with Crippen molar-refractivity contribution in [3.63, 3.8) is 0 Å². The molecule has 0 spiro atoms. The molecule has 3 unspecified atom stereocenters. The van der Waals surface area contributed by atoms with Gasteiger partial charge in [0.1, 0.15) is 0 Å². The van der Waals surface area contributed by atoms with Crippen LogP contribution in [-0.2, 0) is 11.2 Å². The van der Waals surface area contributed by atoms with Gasteiger partial charge in [-0.1, -0.05) is 5.16 Å². The van der Waals surface area contributed by atoms with E-state index in [4.69, 9.17) is 9.26 Å². The molecular weight excluding hydrogens is 240 g/mol. The van der Waals surface area contributed by atoms with Crippen LogP contribution in [0.5, 0.6) is 0 Å². The topological polar surface area (TPSA) is 68.4 Å². The van der Waals surface area contributed by atoms with Gasteiger partial charge in [-0.2, -0.15) is 16.7 Å². The van der Waals surface area contributed by atoms with Crippen molar-refractivity contribution >= 4 is 11.8 Å². The quantitative estimate of drug-likeness (QED) is 0.869. The summed E-state index contributed by atoms with van der Waals surface area (Å²) in [5.74, 6) is 2.91. The molecule has 0 amide bonds. The number of aliphatic hydroxyl groups is 1. The third-order valence-electron chi connectivity index (χ3n) is 3.29. The Bertz CT molecular complexity index is 379. The van der Waals surface area contributed by atoms with Crippen molar-refractivity contribution in [1.29, 1.82) is 0 Å². The molecule has 0 aromatic carbocycles. The van der Waals surface area contributed by atoms with Gasteiger partial charge in [0.25, 0.3) is 0 Å². The highest BCUT2D eigenvalue weighted by Gasteiger charge is 2.32. The molecular formula is C11H16N2O3S. The van der Waals surface area contributed by atoms with Gasteiger partial charge in [0.05, 0.1) is 18.1 Å². The van der Waals surface area contributed by atoms with Crippen LogP contribution in [0, 0.1) is 0 Å². The number of thioether (sulfide) groups is 1. The molecule has 0 aliphatic carbocycles. The maximum Gasteiger partial charge on any atom is 0.233 e. The maximum absolute atomic E-state index is 9.76. The first-order chi connectivity index (χ1) is 8.33. The van der Waals surface area contributed by atoms with Gasteiger partial charge in [0.2, 0.25) is 5.89 Å². The number of hydrogen-bond acceptors (Lipinski definition) is 6. The Morgan fingerprint density at radius 2 is 2.35 bits per heavy atom. The highest BCUT2D eigenvalue weighted by Crippen LogP contribution is 2.32. The van der Waals surface area contributed by atoms with E-state index in [0.717, 1.165) is 37.4 Å². The van der Waals surface area contributed by atoms with Crippen molar-refractivity contribution in [2.45, 2.75) is 37.4 Å². The number of ether oxygens (including phenoxy) is 1. The lowest BCUT2D eigenvalue weighted by molar-refractivity contribution is 0.109. The fourth-order valence-electron chi connectivity index (χ4n) is 2.29. The Morgan fingerprint density at radius 3 is 3.06 bits per heavy atom. The van der Waals surface area contributed by atoms with Crippen LogP contribution >= 0.6 is 11.8 Å². The summed E-state index contributed by atoms with van der Waals surface area (Å²) in [6, 6.07) is 0. The smallest absolute Gasteiger partial charge is 0.233 e. The van der Waals surface area contributed by atoms with Gasteiger partial charge in [-0.3, -0.25) is 0 Å². The molecule has 3 rings (SSSR count). The molecule has 17 heavy (non-hydrogen) atoms. The molecule has 2 fully saturated rings. The molecule has 0 saturated carbocycles. The number of aromatic nitrogens is 2. The molecule has 1 N–H and O–H groups in total. The Kier molecular flexibility index (Phi) is 3.35. The monoisotopic (exact) mass is 256 g/mol. The number of nitrogens with zero attached hydrogens (tertiary/aromatic N) is 2. The molecule has 3 atom stereocenters. The summed E-state index contributed by atoms with van der Waals surface area (Å²) in [6.07, 6.45) is 2.80. The first-order valence-corrected chi connectivity index (χ1v) is 7.18. The predicted molar refractivity (Wildman–Crippen MR) is 63.0 cm³/mol. The summed E-state index contributed by atoms with van der Waals surface area (Å²) < 4.78 is 10.8. The molecule has 3 heterocycles. The van der Waals surface area contributed by atoms with Crippen molar-refractivity contribution < 1.29 is 14.4 Å². The van der Waals surface area contributed by atoms with Crippen molar-refractivity contribution in [2.75, 3.05) is 18.1 Å². The van der Waals surface area contributed by atoms with Crippen molar-refractivity contribution in [1.82, 2.24) is 10.1 Å². The summed E-state index contributed by atoms with van der Waals surface area (Å²) in [6.45, 7) is 0.841. The number of hydrogen-bond donors (Lipinski definition) is 1. The molecule has 0 bridgehead atoms. The highest BCUT2D eigenvalue weighted by atomic mass is 32.2. The molecule has 2 saturated heterocycles. The van der Waals surface area contributed by atoms with Crippen LogP contribution in [0.3, 0.4) is 0 Å². The van der Waals surface area contributed by atoms with Gasteiger partial charge < -0.3 is 14.4 Å². The van der Waals surface area contributed by atoms with Crippen LogP contribution in [0.25, 0.3) is 0 Å². The minimum atomic E-state index is -0.351. The lowest BCUT2D eigenvalue weighted by Crippen LogP contribution is -2.16. The Balaban J connectivity index is 1.65. The van der Waals surface area contributed by atoms with Crippen LogP contribution in [0.15, 0.2) is 4.52 Å². The van der Waals surface area contributed by atoms with Crippen molar-refractivity contribution in [2.24, 2.45) is 0 Å². The predicted octanol–water partition coefficient (Wildman–Crippen LogP) is 0.982. The minimum Gasteiger partial charge on any atom is -0.391 e. The van der Waals surface area contributed by atoms with Crippen LogP contribution in [0.1, 0.15) is 30.5 Å². The largest absolute Gasteiger partial charge is 0.391 e. The van der Waals surface area contributed by atoms with E-state index in [1.165, 1.54) is 0 Å². The molecule has 6 heteroatoms. The average molecular weight is 256 g/mol. The van der Waals surface area contributed by atoms with Crippen LogP contribution in [0.4, 0.5) is 0 Å². The molecule has 5 nitrogen and oxygen atoms in total. The van der Waals surface area contributed by atoms with Gasteiger partial charge in [-0.05, 0) is 12.8 Å². The SMILES string of the molecule is OC1CSCC1c1nc(CC2CCCO2)no1. The second-order valence-electron chi connectivity index (χ2n) is 4.60. The second-order valence-corrected chi connectivity index (χ2v) is 5.67. The first-order valence-electron chi connectivity index (χ1n) is 6.03. The first kappa shape index (κ1) is 11.5. The number of rotatable bonds is 3. The third-order valence-corrected chi connectivity index (χ3v) is 4.46. The van der Waals surface area contributed by atoms with Gasteiger partial charge in [0.15, 0.2) is 5.82 Å². The zero-order valence-corrected chi connectivity index (χ0v) is 10.4.